The molecule has 1 amide bonds. The zero-order valence-corrected chi connectivity index (χ0v) is 16.9. The summed E-state index contributed by atoms with van der Waals surface area (Å²) in [7, 11) is -3.48. The van der Waals surface area contributed by atoms with Gasteiger partial charge in [0, 0.05) is 31.6 Å². The number of carbonyl (C=O) groups is 1. The van der Waals surface area contributed by atoms with Gasteiger partial charge in [0.1, 0.15) is 0 Å². The Labute approximate surface area is 161 Å². The van der Waals surface area contributed by atoms with Crippen LogP contribution in [0.15, 0.2) is 29.2 Å². The van der Waals surface area contributed by atoms with Crippen molar-refractivity contribution in [2.45, 2.75) is 37.1 Å². The summed E-state index contributed by atoms with van der Waals surface area (Å²) in [6.07, 6.45) is 0.878. The normalized spacial score (nSPS) is 16.0. The number of aryl methyl sites for hydroxylation is 1. The highest BCUT2D eigenvalue weighted by atomic mass is 35.5. The highest BCUT2D eigenvalue weighted by Crippen LogP contribution is 2.18. The Morgan fingerprint density at radius 3 is 2.35 bits per heavy atom. The van der Waals surface area contributed by atoms with Crippen molar-refractivity contribution < 1.29 is 17.9 Å². The minimum atomic E-state index is -3.48. The third-order valence-corrected chi connectivity index (χ3v) is 6.07. The van der Waals surface area contributed by atoms with E-state index in [2.05, 4.69) is 5.32 Å². The largest absolute Gasteiger partial charge is 0.379 e. The lowest BCUT2D eigenvalue weighted by Crippen LogP contribution is -2.48. The van der Waals surface area contributed by atoms with Crippen molar-refractivity contribution in [2.24, 2.45) is 5.73 Å². The maximum absolute atomic E-state index is 12.5. The van der Waals surface area contributed by atoms with Gasteiger partial charge in [-0.1, -0.05) is 12.1 Å². The van der Waals surface area contributed by atoms with Gasteiger partial charge in [0.05, 0.1) is 18.1 Å². The molecule has 0 spiro atoms. The van der Waals surface area contributed by atoms with Crippen LogP contribution in [0.4, 0.5) is 0 Å². The molecular formula is C17H28ClN3O4S. The van der Waals surface area contributed by atoms with E-state index in [4.69, 9.17) is 10.5 Å². The monoisotopic (exact) mass is 405 g/mol. The third-order valence-electron chi connectivity index (χ3n) is 4.16. The predicted octanol–water partition coefficient (Wildman–Crippen LogP) is 0.915. The number of hydrogen-bond acceptors (Lipinski definition) is 5. The molecule has 0 aromatic heterocycles. The molecule has 0 aliphatic carbocycles. The summed E-state index contributed by atoms with van der Waals surface area (Å²) in [5.41, 5.74) is 6.09. The first kappa shape index (κ1) is 22.9. The topological polar surface area (TPSA) is 102 Å². The Balaban J connectivity index is 0.00000338. The van der Waals surface area contributed by atoms with Crippen LogP contribution in [0.25, 0.3) is 0 Å². The smallest absolute Gasteiger partial charge is 0.243 e. The maximum Gasteiger partial charge on any atom is 0.243 e. The van der Waals surface area contributed by atoms with Crippen LogP contribution in [0, 0.1) is 0 Å². The zero-order chi connectivity index (χ0) is 18.5. The lowest BCUT2D eigenvalue weighted by molar-refractivity contribution is -0.122. The van der Waals surface area contributed by atoms with Gasteiger partial charge in [0.2, 0.25) is 15.9 Å². The Kier molecular flexibility index (Phi) is 8.49. The first-order valence-corrected chi connectivity index (χ1v) is 9.86. The van der Waals surface area contributed by atoms with E-state index in [1.165, 1.54) is 4.31 Å². The number of hydrogen-bond donors (Lipinski definition) is 2. The number of sulfonamides is 1. The molecule has 0 atom stereocenters. The predicted molar refractivity (Wildman–Crippen MR) is 103 cm³/mol. The maximum atomic E-state index is 12.5. The summed E-state index contributed by atoms with van der Waals surface area (Å²) >= 11 is 0. The fourth-order valence-electron chi connectivity index (χ4n) is 2.51. The average Bonchev–Trinajstić information content (AvgIpc) is 2.61. The molecule has 1 aliphatic rings. The molecule has 0 radical (unpaired) electrons. The molecule has 1 aliphatic heterocycles. The van der Waals surface area contributed by atoms with Gasteiger partial charge in [-0.2, -0.15) is 4.31 Å². The summed E-state index contributed by atoms with van der Waals surface area (Å²) in [5.74, 6) is -0.0690. The first-order chi connectivity index (χ1) is 11.7. The summed E-state index contributed by atoms with van der Waals surface area (Å²) < 4.78 is 31.7. The van der Waals surface area contributed by atoms with E-state index >= 15 is 0 Å². The molecule has 0 saturated carbocycles. The number of amides is 1. The van der Waals surface area contributed by atoms with Gasteiger partial charge in [-0.25, -0.2) is 8.42 Å². The molecule has 1 fully saturated rings. The van der Waals surface area contributed by atoms with Crippen molar-refractivity contribution in [1.29, 1.82) is 0 Å². The van der Waals surface area contributed by atoms with E-state index < -0.39 is 15.6 Å². The molecule has 7 nitrogen and oxygen atoms in total. The van der Waals surface area contributed by atoms with Crippen molar-refractivity contribution in [3.8, 4) is 0 Å². The van der Waals surface area contributed by atoms with Crippen LogP contribution in [0.2, 0.25) is 0 Å². The third kappa shape index (κ3) is 6.21. The molecule has 1 saturated heterocycles. The van der Waals surface area contributed by atoms with Crippen LogP contribution < -0.4 is 11.1 Å². The number of nitrogens with zero attached hydrogens (tertiary/aromatic N) is 1. The van der Waals surface area contributed by atoms with Crippen LogP contribution in [-0.2, 0) is 26.0 Å². The van der Waals surface area contributed by atoms with Gasteiger partial charge in [-0.3, -0.25) is 4.79 Å². The molecule has 3 N–H and O–H groups in total. The second-order valence-electron chi connectivity index (χ2n) is 6.80. The SMILES string of the molecule is CC(C)(CN)NC(=O)CCc1ccc(S(=O)(=O)N2CCOCC2)cc1.Cl. The van der Waals surface area contributed by atoms with Crippen LogP contribution >= 0.6 is 12.4 Å². The van der Waals surface area contributed by atoms with Crippen molar-refractivity contribution in [3.63, 3.8) is 0 Å². The molecule has 26 heavy (non-hydrogen) atoms. The highest BCUT2D eigenvalue weighted by molar-refractivity contribution is 7.89. The number of nitrogens with two attached hydrogens (primary N) is 1. The number of benzene rings is 1. The van der Waals surface area contributed by atoms with E-state index in [0.717, 1.165) is 5.56 Å². The molecule has 0 bridgehead atoms. The minimum Gasteiger partial charge on any atom is -0.379 e. The molecule has 1 heterocycles. The van der Waals surface area contributed by atoms with Crippen LogP contribution in [0.3, 0.4) is 0 Å². The minimum absolute atomic E-state index is 0. The van der Waals surface area contributed by atoms with Crippen molar-refractivity contribution >= 4 is 28.3 Å². The second kappa shape index (κ2) is 9.66. The molecule has 0 unspecified atom stereocenters. The number of rotatable bonds is 7. The number of nitrogens with one attached hydrogen (secondary N) is 1. The van der Waals surface area contributed by atoms with Gasteiger partial charge < -0.3 is 15.8 Å². The second-order valence-corrected chi connectivity index (χ2v) is 8.73. The van der Waals surface area contributed by atoms with E-state index in [-0.39, 0.29) is 23.2 Å². The molecule has 1 aromatic rings. The van der Waals surface area contributed by atoms with Crippen molar-refractivity contribution in [1.82, 2.24) is 9.62 Å². The Morgan fingerprint density at radius 2 is 1.81 bits per heavy atom. The Bertz CT molecular complexity index is 686. The Hall–Kier alpha value is -1.19. The molecule has 2 rings (SSSR count). The van der Waals surface area contributed by atoms with Gasteiger partial charge in [-0.05, 0) is 38.0 Å². The standard InChI is InChI=1S/C17H27N3O4S.ClH/c1-17(2,13-18)19-16(21)8-5-14-3-6-15(7-4-14)25(22,23)20-9-11-24-12-10-20;/h3-4,6-7H,5,8-13,18H2,1-2H3,(H,19,21);1H. The van der Waals surface area contributed by atoms with E-state index in [0.29, 0.717) is 45.7 Å². The Morgan fingerprint density at radius 1 is 1.23 bits per heavy atom. The van der Waals surface area contributed by atoms with Crippen LogP contribution in [0.1, 0.15) is 25.8 Å². The molecule has 148 valence electrons. The lowest BCUT2D eigenvalue weighted by Gasteiger charge is -2.26. The zero-order valence-electron chi connectivity index (χ0n) is 15.2. The molecule has 9 heteroatoms. The van der Waals surface area contributed by atoms with Crippen molar-refractivity contribution in [3.05, 3.63) is 29.8 Å². The van der Waals surface area contributed by atoms with E-state index in [1.54, 1.807) is 24.3 Å². The average molecular weight is 406 g/mol. The summed E-state index contributed by atoms with van der Waals surface area (Å²) in [4.78, 5) is 12.2. The lowest BCUT2D eigenvalue weighted by atomic mass is 10.0. The van der Waals surface area contributed by atoms with Crippen LogP contribution in [-0.4, -0.2) is 57.0 Å². The summed E-state index contributed by atoms with van der Waals surface area (Å²) in [6, 6.07) is 6.72. The molecule has 1 aromatic carbocycles. The van der Waals surface area contributed by atoms with Gasteiger partial charge in [-0.15, -0.1) is 12.4 Å². The van der Waals surface area contributed by atoms with E-state index in [1.807, 2.05) is 13.8 Å². The van der Waals surface area contributed by atoms with Gasteiger partial charge >= 0.3 is 0 Å². The highest BCUT2D eigenvalue weighted by Gasteiger charge is 2.26. The number of morpholine rings is 1. The number of halogens is 1. The summed E-state index contributed by atoms with van der Waals surface area (Å²) in [6.45, 7) is 5.71. The fourth-order valence-corrected chi connectivity index (χ4v) is 3.92. The number of ether oxygens (including phenoxy) is 1. The molecular weight excluding hydrogens is 378 g/mol. The van der Waals surface area contributed by atoms with Crippen LogP contribution in [0.5, 0.6) is 0 Å². The van der Waals surface area contributed by atoms with Gasteiger partial charge in [0.25, 0.3) is 0 Å². The quantitative estimate of drug-likeness (QED) is 0.702. The van der Waals surface area contributed by atoms with E-state index in [9.17, 15) is 13.2 Å². The number of carbonyl (C=O) groups excluding carboxylic acids is 1. The van der Waals surface area contributed by atoms with Gasteiger partial charge in [0.15, 0.2) is 0 Å². The first-order valence-electron chi connectivity index (χ1n) is 8.42. The fraction of sp³-hybridized carbons (Fsp3) is 0.588. The van der Waals surface area contributed by atoms with Crippen molar-refractivity contribution in [2.75, 3.05) is 32.8 Å². The summed E-state index contributed by atoms with van der Waals surface area (Å²) in [5, 5.41) is 2.88.